The van der Waals surface area contributed by atoms with Gasteiger partial charge in [-0.3, -0.25) is 0 Å². The Morgan fingerprint density at radius 1 is 1.37 bits per heavy atom. The number of benzene rings is 1. The third kappa shape index (κ3) is 3.83. The smallest absolute Gasteiger partial charge is 0.131 e. The summed E-state index contributed by atoms with van der Waals surface area (Å²) in [6.07, 6.45) is 3.73. The van der Waals surface area contributed by atoms with Gasteiger partial charge in [0.25, 0.3) is 0 Å². The minimum atomic E-state index is -0.216. The van der Waals surface area contributed by atoms with E-state index in [0.717, 1.165) is 12.4 Å². The lowest BCUT2D eigenvalue weighted by atomic mass is 9.98. The molecule has 1 aromatic carbocycles. The first-order chi connectivity index (χ1) is 9.24. The third-order valence-corrected chi connectivity index (χ3v) is 4.39. The Morgan fingerprint density at radius 2 is 2.16 bits per heavy atom. The van der Waals surface area contributed by atoms with Gasteiger partial charge in [0, 0.05) is 24.1 Å². The van der Waals surface area contributed by atoms with Crippen LogP contribution in [-0.2, 0) is 6.54 Å². The molecule has 0 spiro atoms. The quantitative estimate of drug-likeness (QED) is 0.807. The second-order valence-electron chi connectivity index (χ2n) is 5.19. The predicted octanol–water partition coefficient (Wildman–Crippen LogP) is 3.58. The number of nitrogens with one attached hydrogen (secondary N) is 1. The van der Waals surface area contributed by atoms with Gasteiger partial charge in [-0.1, -0.05) is 12.5 Å². The molecule has 1 aliphatic carbocycles. The summed E-state index contributed by atoms with van der Waals surface area (Å²) < 4.78 is 18.7. The average Bonchev–Trinajstić information content (AvgIpc) is 2.88. The van der Waals surface area contributed by atoms with Crippen molar-refractivity contribution in [2.24, 2.45) is 11.8 Å². The lowest BCUT2D eigenvalue weighted by Crippen LogP contribution is -2.26. The summed E-state index contributed by atoms with van der Waals surface area (Å²) in [5.74, 6) is 2.34. The van der Waals surface area contributed by atoms with Crippen molar-refractivity contribution >= 4 is 11.6 Å². The number of methoxy groups -OCH3 is 1. The Morgan fingerprint density at radius 3 is 2.84 bits per heavy atom. The molecule has 1 saturated carbocycles. The molecule has 1 aromatic rings. The van der Waals surface area contributed by atoms with E-state index < -0.39 is 0 Å². The highest BCUT2D eigenvalue weighted by Gasteiger charge is 2.25. The van der Waals surface area contributed by atoms with E-state index in [2.05, 4.69) is 5.32 Å². The van der Waals surface area contributed by atoms with Crippen LogP contribution in [0.3, 0.4) is 0 Å². The summed E-state index contributed by atoms with van der Waals surface area (Å²) in [6, 6.07) is 4.99. The molecule has 0 bridgehead atoms. The average molecular weight is 286 g/mol. The van der Waals surface area contributed by atoms with Crippen molar-refractivity contribution in [1.82, 2.24) is 5.32 Å². The lowest BCUT2D eigenvalue weighted by Gasteiger charge is -2.17. The maximum absolute atomic E-state index is 13.7. The minimum absolute atomic E-state index is 0.216. The van der Waals surface area contributed by atoms with Gasteiger partial charge >= 0.3 is 0 Å². The van der Waals surface area contributed by atoms with E-state index in [0.29, 0.717) is 29.7 Å². The Balaban J connectivity index is 1.82. The van der Waals surface area contributed by atoms with E-state index in [-0.39, 0.29) is 5.82 Å². The van der Waals surface area contributed by atoms with E-state index in [4.69, 9.17) is 16.3 Å². The molecule has 2 nitrogen and oxygen atoms in total. The monoisotopic (exact) mass is 285 g/mol. The van der Waals surface area contributed by atoms with Crippen molar-refractivity contribution in [3.8, 4) is 5.75 Å². The summed E-state index contributed by atoms with van der Waals surface area (Å²) in [7, 11) is 1.54. The van der Waals surface area contributed by atoms with Crippen molar-refractivity contribution < 1.29 is 9.13 Å². The zero-order valence-electron chi connectivity index (χ0n) is 11.3. The highest BCUT2D eigenvalue weighted by molar-refractivity contribution is 6.18. The van der Waals surface area contributed by atoms with Crippen molar-refractivity contribution in [1.29, 1.82) is 0 Å². The van der Waals surface area contributed by atoms with Gasteiger partial charge in [0.2, 0.25) is 0 Å². The van der Waals surface area contributed by atoms with Gasteiger partial charge in [0.15, 0.2) is 0 Å². The fraction of sp³-hybridized carbons (Fsp3) is 0.600. The Bertz CT molecular complexity index is 413. The van der Waals surface area contributed by atoms with Gasteiger partial charge in [0.1, 0.15) is 11.6 Å². The first-order valence-electron chi connectivity index (χ1n) is 6.83. The molecule has 1 N–H and O–H groups in total. The molecule has 1 aliphatic rings. The SMILES string of the molecule is COc1ccc(CNCC2CCCC2CCl)c(F)c1. The highest BCUT2D eigenvalue weighted by atomic mass is 35.5. The van der Waals surface area contributed by atoms with Crippen LogP contribution in [0.4, 0.5) is 4.39 Å². The van der Waals surface area contributed by atoms with E-state index in [1.165, 1.54) is 25.3 Å². The number of halogens is 2. The molecule has 19 heavy (non-hydrogen) atoms. The zero-order chi connectivity index (χ0) is 13.7. The third-order valence-electron chi connectivity index (χ3n) is 4.00. The maximum atomic E-state index is 13.7. The van der Waals surface area contributed by atoms with Gasteiger partial charge < -0.3 is 10.1 Å². The second-order valence-corrected chi connectivity index (χ2v) is 5.50. The van der Waals surface area contributed by atoms with Gasteiger partial charge in [-0.2, -0.15) is 0 Å². The molecule has 0 amide bonds. The van der Waals surface area contributed by atoms with Crippen molar-refractivity contribution in [2.75, 3.05) is 19.5 Å². The van der Waals surface area contributed by atoms with Gasteiger partial charge in [-0.15, -0.1) is 11.6 Å². The topological polar surface area (TPSA) is 21.3 Å². The van der Waals surface area contributed by atoms with Crippen molar-refractivity contribution in [3.63, 3.8) is 0 Å². The van der Waals surface area contributed by atoms with Crippen molar-refractivity contribution in [2.45, 2.75) is 25.8 Å². The molecule has 0 radical (unpaired) electrons. The standard InChI is InChI=1S/C15H21ClFNO/c1-19-14-6-5-13(15(17)7-14)10-18-9-12-4-2-3-11(12)8-16/h5-7,11-12,18H,2-4,8-10H2,1H3. The molecule has 0 aromatic heterocycles. The fourth-order valence-corrected chi connectivity index (χ4v) is 3.18. The Hall–Kier alpha value is -0.800. The molecule has 1 fully saturated rings. The summed E-state index contributed by atoms with van der Waals surface area (Å²) >= 11 is 5.96. The van der Waals surface area contributed by atoms with Crippen LogP contribution in [0, 0.1) is 17.7 Å². The lowest BCUT2D eigenvalue weighted by molar-refractivity contribution is 0.392. The van der Waals surface area contributed by atoms with Gasteiger partial charge in [0.05, 0.1) is 7.11 Å². The fourth-order valence-electron chi connectivity index (χ4n) is 2.78. The molecular formula is C15H21ClFNO. The second kappa shape index (κ2) is 7.11. The van der Waals surface area contributed by atoms with Crippen LogP contribution in [0.1, 0.15) is 24.8 Å². The summed E-state index contributed by atoms with van der Waals surface area (Å²) in [5.41, 5.74) is 0.682. The van der Waals surface area contributed by atoms with E-state index in [9.17, 15) is 4.39 Å². The van der Waals surface area contributed by atoms with Gasteiger partial charge in [-0.05, 0) is 37.3 Å². The van der Waals surface area contributed by atoms with Gasteiger partial charge in [-0.25, -0.2) is 4.39 Å². The molecule has 2 rings (SSSR count). The van der Waals surface area contributed by atoms with E-state index in [1.807, 2.05) is 0 Å². The molecular weight excluding hydrogens is 265 g/mol. The van der Waals surface area contributed by atoms with Crippen LogP contribution in [0.25, 0.3) is 0 Å². The number of alkyl halides is 1. The Kier molecular flexibility index (Phi) is 5.46. The first kappa shape index (κ1) is 14.6. The molecule has 0 heterocycles. The number of ether oxygens (including phenoxy) is 1. The largest absolute Gasteiger partial charge is 0.497 e. The molecule has 2 unspecified atom stereocenters. The molecule has 106 valence electrons. The molecule has 2 atom stereocenters. The summed E-state index contributed by atoms with van der Waals surface area (Å²) in [6.45, 7) is 1.48. The predicted molar refractivity (Wildman–Crippen MR) is 76.2 cm³/mol. The van der Waals surface area contributed by atoms with Crippen LogP contribution in [0.15, 0.2) is 18.2 Å². The van der Waals surface area contributed by atoms with Crippen molar-refractivity contribution in [3.05, 3.63) is 29.6 Å². The summed E-state index contributed by atoms with van der Waals surface area (Å²) in [4.78, 5) is 0. The van der Waals surface area contributed by atoms with Crippen LogP contribution in [0.2, 0.25) is 0 Å². The maximum Gasteiger partial charge on any atom is 0.131 e. The first-order valence-corrected chi connectivity index (χ1v) is 7.37. The number of rotatable bonds is 6. The summed E-state index contributed by atoms with van der Waals surface area (Å²) in [5, 5.41) is 3.35. The highest BCUT2D eigenvalue weighted by Crippen LogP contribution is 2.32. The normalized spacial score (nSPS) is 22.7. The minimum Gasteiger partial charge on any atom is -0.497 e. The molecule has 0 saturated heterocycles. The van der Waals surface area contributed by atoms with E-state index >= 15 is 0 Å². The Labute approximate surface area is 119 Å². The molecule has 4 heteroatoms. The zero-order valence-corrected chi connectivity index (χ0v) is 12.0. The molecule has 0 aliphatic heterocycles. The van der Waals surface area contributed by atoms with E-state index in [1.54, 1.807) is 19.2 Å². The van der Waals surface area contributed by atoms with Crippen LogP contribution < -0.4 is 10.1 Å². The van der Waals surface area contributed by atoms with Crippen LogP contribution >= 0.6 is 11.6 Å². The van der Waals surface area contributed by atoms with Crippen LogP contribution in [0.5, 0.6) is 5.75 Å². The number of hydrogen-bond donors (Lipinski definition) is 1. The number of hydrogen-bond acceptors (Lipinski definition) is 2. The van der Waals surface area contributed by atoms with Crippen LogP contribution in [-0.4, -0.2) is 19.5 Å².